The van der Waals surface area contributed by atoms with Crippen molar-refractivity contribution in [3.05, 3.63) is 0 Å². The molecular weight excluding hydrogens is 194 g/mol. The minimum absolute atomic E-state index is 0.0304. The van der Waals surface area contributed by atoms with Gasteiger partial charge in [-0.25, -0.2) is 0 Å². The molecule has 0 aromatic heterocycles. The Hall–Kier alpha value is -0.900. The molecular formula is C11H19NO3. The van der Waals surface area contributed by atoms with E-state index in [0.29, 0.717) is 38.3 Å². The zero-order chi connectivity index (χ0) is 11.1. The maximum atomic E-state index is 11.4. The number of Topliss-reactive ketones (excluding diaryl/α,β-unsaturated/α-hetero) is 1. The van der Waals surface area contributed by atoms with E-state index >= 15 is 0 Å². The summed E-state index contributed by atoms with van der Waals surface area (Å²) in [7, 11) is 0. The molecule has 15 heavy (non-hydrogen) atoms. The SMILES string of the molecule is CCOCCC(=O)NC1CCC(=O)CC1. The van der Waals surface area contributed by atoms with E-state index in [9.17, 15) is 9.59 Å². The third-order valence-corrected chi connectivity index (χ3v) is 2.59. The second-order valence-electron chi connectivity index (χ2n) is 3.83. The first-order valence-corrected chi connectivity index (χ1v) is 5.61. The van der Waals surface area contributed by atoms with Crippen LogP contribution in [0.5, 0.6) is 0 Å². The van der Waals surface area contributed by atoms with Crippen LogP contribution in [-0.2, 0) is 14.3 Å². The fraction of sp³-hybridized carbons (Fsp3) is 0.818. The molecule has 0 heterocycles. The van der Waals surface area contributed by atoms with Gasteiger partial charge in [-0.15, -0.1) is 0 Å². The van der Waals surface area contributed by atoms with E-state index in [2.05, 4.69) is 5.32 Å². The number of hydrogen-bond donors (Lipinski definition) is 1. The maximum absolute atomic E-state index is 11.4. The van der Waals surface area contributed by atoms with Gasteiger partial charge in [-0.05, 0) is 19.8 Å². The summed E-state index contributed by atoms with van der Waals surface area (Å²) in [6.45, 7) is 3.03. The topological polar surface area (TPSA) is 55.4 Å². The van der Waals surface area contributed by atoms with Crippen LogP contribution in [0.3, 0.4) is 0 Å². The number of carbonyl (C=O) groups excluding carboxylic acids is 2. The van der Waals surface area contributed by atoms with Crippen LogP contribution in [0.15, 0.2) is 0 Å². The molecule has 1 rings (SSSR count). The van der Waals surface area contributed by atoms with Gasteiger partial charge < -0.3 is 10.1 Å². The molecule has 0 radical (unpaired) electrons. The predicted molar refractivity (Wildman–Crippen MR) is 56.5 cm³/mol. The molecule has 0 unspecified atom stereocenters. The van der Waals surface area contributed by atoms with Gasteiger partial charge >= 0.3 is 0 Å². The Kier molecular flexibility index (Phi) is 5.32. The molecule has 4 heteroatoms. The van der Waals surface area contributed by atoms with E-state index in [1.165, 1.54) is 0 Å². The van der Waals surface area contributed by atoms with Gasteiger partial charge in [0.25, 0.3) is 0 Å². The van der Waals surface area contributed by atoms with Gasteiger partial charge in [0, 0.05) is 31.9 Å². The molecule has 1 aliphatic rings. The molecule has 0 aromatic carbocycles. The molecule has 1 N–H and O–H groups in total. The van der Waals surface area contributed by atoms with Crippen molar-refractivity contribution in [2.75, 3.05) is 13.2 Å². The maximum Gasteiger partial charge on any atom is 0.222 e. The smallest absolute Gasteiger partial charge is 0.222 e. The standard InChI is InChI=1S/C11H19NO3/c1-2-15-8-7-11(14)12-9-3-5-10(13)6-4-9/h9H,2-8H2,1H3,(H,12,14). The molecule has 0 atom stereocenters. The van der Waals surface area contributed by atoms with Crippen molar-refractivity contribution in [2.24, 2.45) is 0 Å². The Morgan fingerprint density at radius 1 is 1.47 bits per heavy atom. The molecule has 0 aliphatic heterocycles. The summed E-state index contributed by atoms with van der Waals surface area (Å²) >= 11 is 0. The van der Waals surface area contributed by atoms with Crippen molar-refractivity contribution in [3.8, 4) is 0 Å². The summed E-state index contributed by atoms with van der Waals surface area (Å²) < 4.78 is 5.10. The Morgan fingerprint density at radius 2 is 2.13 bits per heavy atom. The van der Waals surface area contributed by atoms with E-state index < -0.39 is 0 Å². The first-order valence-electron chi connectivity index (χ1n) is 5.61. The van der Waals surface area contributed by atoms with Gasteiger partial charge in [-0.1, -0.05) is 0 Å². The number of rotatable bonds is 5. The molecule has 0 aromatic rings. The van der Waals surface area contributed by atoms with Crippen molar-refractivity contribution >= 4 is 11.7 Å². The van der Waals surface area contributed by atoms with Crippen molar-refractivity contribution in [1.82, 2.24) is 5.32 Å². The van der Waals surface area contributed by atoms with Crippen LogP contribution in [0, 0.1) is 0 Å². The minimum Gasteiger partial charge on any atom is -0.381 e. The zero-order valence-electron chi connectivity index (χ0n) is 9.25. The molecule has 1 saturated carbocycles. The van der Waals surface area contributed by atoms with Crippen LogP contribution in [-0.4, -0.2) is 30.9 Å². The second-order valence-corrected chi connectivity index (χ2v) is 3.83. The lowest BCUT2D eigenvalue weighted by atomic mass is 9.94. The summed E-state index contributed by atoms with van der Waals surface area (Å²) in [5, 5.41) is 2.93. The number of carbonyl (C=O) groups is 2. The third-order valence-electron chi connectivity index (χ3n) is 2.59. The summed E-state index contributed by atoms with van der Waals surface area (Å²) in [6, 6.07) is 0.192. The van der Waals surface area contributed by atoms with E-state index in [-0.39, 0.29) is 11.9 Å². The van der Waals surface area contributed by atoms with Crippen LogP contribution in [0.4, 0.5) is 0 Å². The Morgan fingerprint density at radius 3 is 2.73 bits per heavy atom. The zero-order valence-corrected chi connectivity index (χ0v) is 9.25. The van der Waals surface area contributed by atoms with Crippen molar-refractivity contribution in [1.29, 1.82) is 0 Å². The highest BCUT2D eigenvalue weighted by Crippen LogP contribution is 2.14. The molecule has 4 nitrogen and oxygen atoms in total. The Balaban J connectivity index is 2.12. The normalized spacial score (nSPS) is 17.8. The highest BCUT2D eigenvalue weighted by Gasteiger charge is 2.19. The van der Waals surface area contributed by atoms with Gasteiger partial charge in [0.2, 0.25) is 5.91 Å². The fourth-order valence-corrected chi connectivity index (χ4v) is 1.69. The highest BCUT2D eigenvalue weighted by atomic mass is 16.5. The molecule has 0 spiro atoms. The monoisotopic (exact) mass is 213 g/mol. The third kappa shape index (κ3) is 4.93. The molecule has 1 amide bonds. The number of amides is 1. The highest BCUT2D eigenvalue weighted by molar-refractivity contribution is 5.80. The number of ether oxygens (including phenoxy) is 1. The summed E-state index contributed by atoms with van der Waals surface area (Å²) in [6.07, 6.45) is 3.21. The van der Waals surface area contributed by atoms with E-state index in [4.69, 9.17) is 4.74 Å². The van der Waals surface area contributed by atoms with Crippen molar-refractivity contribution in [2.45, 2.75) is 45.1 Å². The summed E-state index contributed by atoms with van der Waals surface area (Å²) in [5.74, 6) is 0.345. The first kappa shape index (κ1) is 12.2. The molecule has 86 valence electrons. The van der Waals surface area contributed by atoms with Gasteiger partial charge in [0.15, 0.2) is 0 Å². The van der Waals surface area contributed by atoms with Crippen LogP contribution < -0.4 is 5.32 Å². The van der Waals surface area contributed by atoms with Gasteiger partial charge in [-0.3, -0.25) is 9.59 Å². The van der Waals surface area contributed by atoms with Gasteiger partial charge in [-0.2, -0.15) is 0 Å². The van der Waals surface area contributed by atoms with Gasteiger partial charge in [0.1, 0.15) is 5.78 Å². The van der Waals surface area contributed by atoms with Crippen molar-refractivity contribution < 1.29 is 14.3 Å². The summed E-state index contributed by atoms with van der Waals surface area (Å²) in [4.78, 5) is 22.4. The predicted octanol–water partition coefficient (Wildman–Crippen LogP) is 1.04. The number of hydrogen-bond acceptors (Lipinski definition) is 3. The van der Waals surface area contributed by atoms with Crippen LogP contribution in [0.2, 0.25) is 0 Å². The quantitative estimate of drug-likeness (QED) is 0.694. The lowest BCUT2D eigenvalue weighted by Gasteiger charge is -2.22. The van der Waals surface area contributed by atoms with E-state index in [1.807, 2.05) is 6.92 Å². The Labute approximate surface area is 90.4 Å². The molecule has 1 aliphatic carbocycles. The average molecular weight is 213 g/mol. The number of ketones is 1. The molecule has 1 fully saturated rings. The lowest BCUT2D eigenvalue weighted by Crippen LogP contribution is -2.38. The fourth-order valence-electron chi connectivity index (χ4n) is 1.69. The van der Waals surface area contributed by atoms with Crippen molar-refractivity contribution in [3.63, 3.8) is 0 Å². The van der Waals surface area contributed by atoms with Crippen LogP contribution >= 0.6 is 0 Å². The lowest BCUT2D eigenvalue weighted by molar-refractivity contribution is -0.125. The molecule has 0 bridgehead atoms. The largest absolute Gasteiger partial charge is 0.381 e. The van der Waals surface area contributed by atoms with E-state index in [1.54, 1.807) is 0 Å². The average Bonchev–Trinajstić information content (AvgIpc) is 2.22. The number of nitrogens with one attached hydrogen (secondary N) is 1. The van der Waals surface area contributed by atoms with Gasteiger partial charge in [0.05, 0.1) is 6.61 Å². The second kappa shape index (κ2) is 6.56. The van der Waals surface area contributed by atoms with Crippen LogP contribution in [0.1, 0.15) is 39.0 Å². The Bertz CT molecular complexity index is 218. The minimum atomic E-state index is 0.0304. The van der Waals surface area contributed by atoms with E-state index in [0.717, 1.165) is 12.8 Å². The molecule has 0 saturated heterocycles. The first-order chi connectivity index (χ1) is 7.22. The van der Waals surface area contributed by atoms with Crippen LogP contribution in [0.25, 0.3) is 0 Å². The summed E-state index contributed by atoms with van der Waals surface area (Å²) in [5.41, 5.74) is 0.